The van der Waals surface area contributed by atoms with Crippen LogP contribution in [0.25, 0.3) is 34.0 Å². The number of rotatable bonds is 2. The van der Waals surface area contributed by atoms with Gasteiger partial charge in [-0.3, -0.25) is 0 Å². The number of benzene rings is 3. The Bertz CT molecular complexity index is 1020. The Labute approximate surface area is 136 Å². The molecule has 0 saturated carbocycles. The van der Waals surface area contributed by atoms with Crippen molar-refractivity contribution in [2.45, 2.75) is 6.92 Å². The summed E-state index contributed by atoms with van der Waals surface area (Å²) in [4.78, 5) is 0. The SMILES string of the molecule is Cc1ccc2c(c1)c1cc(/C=C/c3ccccc3)ccc1n2C. The zero-order valence-corrected chi connectivity index (χ0v) is 13.5. The van der Waals surface area contributed by atoms with E-state index >= 15 is 0 Å². The molecule has 0 aliphatic carbocycles. The van der Waals surface area contributed by atoms with E-state index in [1.807, 2.05) is 6.07 Å². The summed E-state index contributed by atoms with van der Waals surface area (Å²) in [7, 11) is 2.14. The number of aromatic nitrogens is 1. The highest BCUT2D eigenvalue weighted by Crippen LogP contribution is 2.30. The molecule has 0 aliphatic heterocycles. The highest BCUT2D eigenvalue weighted by molar-refractivity contribution is 6.08. The van der Waals surface area contributed by atoms with Gasteiger partial charge in [-0.1, -0.05) is 60.2 Å². The molecule has 23 heavy (non-hydrogen) atoms. The van der Waals surface area contributed by atoms with Gasteiger partial charge >= 0.3 is 0 Å². The summed E-state index contributed by atoms with van der Waals surface area (Å²) in [5.74, 6) is 0. The Kier molecular flexibility index (Phi) is 3.27. The third-order valence-corrected chi connectivity index (χ3v) is 4.45. The predicted octanol–water partition coefficient (Wildman–Crippen LogP) is 5.81. The molecule has 0 amide bonds. The fourth-order valence-corrected chi connectivity index (χ4v) is 3.21. The molecular weight excluding hydrogens is 278 g/mol. The first-order valence-corrected chi connectivity index (χ1v) is 7.94. The van der Waals surface area contributed by atoms with Crippen LogP contribution in [-0.4, -0.2) is 4.57 Å². The van der Waals surface area contributed by atoms with Crippen LogP contribution in [0.5, 0.6) is 0 Å². The average Bonchev–Trinajstić information content (AvgIpc) is 2.86. The molecule has 0 radical (unpaired) electrons. The molecule has 3 aromatic carbocycles. The standard InChI is InChI=1S/C22H19N/c1-16-8-12-21-19(14-16)20-15-18(11-13-22(20)23(21)2)10-9-17-6-4-3-5-7-17/h3-15H,1-2H3/b10-9+. The van der Waals surface area contributed by atoms with Crippen molar-refractivity contribution >= 4 is 34.0 Å². The molecule has 112 valence electrons. The second-order valence-corrected chi connectivity index (χ2v) is 6.10. The van der Waals surface area contributed by atoms with Gasteiger partial charge in [0, 0.05) is 28.9 Å². The summed E-state index contributed by atoms with van der Waals surface area (Å²) in [5, 5.41) is 2.65. The summed E-state index contributed by atoms with van der Waals surface area (Å²) in [6.07, 6.45) is 4.35. The Morgan fingerprint density at radius 3 is 2.13 bits per heavy atom. The maximum Gasteiger partial charge on any atom is 0.0489 e. The molecule has 0 aliphatic rings. The van der Waals surface area contributed by atoms with E-state index in [9.17, 15) is 0 Å². The second kappa shape index (κ2) is 5.44. The Hall–Kier alpha value is -2.80. The summed E-state index contributed by atoms with van der Waals surface area (Å²) in [6.45, 7) is 2.15. The van der Waals surface area contributed by atoms with Crippen LogP contribution in [0.3, 0.4) is 0 Å². The maximum absolute atomic E-state index is 2.29. The van der Waals surface area contributed by atoms with Gasteiger partial charge in [0.15, 0.2) is 0 Å². The number of hydrogen-bond donors (Lipinski definition) is 0. The summed E-state index contributed by atoms with van der Waals surface area (Å²) >= 11 is 0. The van der Waals surface area contributed by atoms with Crippen molar-refractivity contribution in [3.05, 3.63) is 83.4 Å². The molecule has 0 fully saturated rings. The molecule has 1 aromatic heterocycles. The zero-order chi connectivity index (χ0) is 15.8. The molecule has 1 heteroatoms. The molecule has 0 unspecified atom stereocenters. The molecule has 4 aromatic rings. The topological polar surface area (TPSA) is 4.93 Å². The van der Waals surface area contributed by atoms with Crippen LogP contribution >= 0.6 is 0 Å². The number of fused-ring (bicyclic) bond motifs is 3. The van der Waals surface area contributed by atoms with Crippen LogP contribution in [-0.2, 0) is 7.05 Å². The lowest BCUT2D eigenvalue weighted by Crippen LogP contribution is -1.86. The third-order valence-electron chi connectivity index (χ3n) is 4.45. The molecule has 1 heterocycles. The summed E-state index contributed by atoms with van der Waals surface area (Å²) in [6, 6.07) is 23.8. The van der Waals surface area contributed by atoms with E-state index in [1.165, 1.54) is 38.5 Å². The van der Waals surface area contributed by atoms with E-state index in [2.05, 4.69) is 91.4 Å². The van der Waals surface area contributed by atoms with Gasteiger partial charge in [0.1, 0.15) is 0 Å². The highest BCUT2D eigenvalue weighted by atomic mass is 14.9. The Balaban J connectivity index is 1.85. The van der Waals surface area contributed by atoms with Crippen LogP contribution in [0, 0.1) is 6.92 Å². The largest absolute Gasteiger partial charge is 0.344 e. The van der Waals surface area contributed by atoms with Gasteiger partial charge in [-0.2, -0.15) is 0 Å². The Morgan fingerprint density at radius 2 is 1.35 bits per heavy atom. The number of hydrogen-bond acceptors (Lipinski definition) is 0. The minimum absolute atomic E-state index is 1.22. The van der Waals surface area contributed by atoms with Crippen molar-refractivity contribution < 1.29 is 0 Å². The van der Waals surface area contributed by atoms with Crippen LogP contribution in [0.1, 0.15) is 16.7 Å². The first-order valence-electron chi connectivity index (χ1n) is 7.94. The molecule has 0 N–H and O–H groups in total. The van der Waals surface area contributed by atoms with Crippen LogP contribution < -0.4 is 0 Å². The van der Waals surface area contributed by atoms with Crippen LogP contribution in [0.4, 0.5) is 0 Å². The number of nitrogens with zero attached hydrogens (tertiary/aromatic N) is 1. The van der Waals surface area contributed by atoms with E-state index in [4.69, 9.17) is 0 Å². The first kappa shape index (κ1) is 13.8. The van der Waals surface area contributed by atoms with Gasteiger partial charge in [-0.15, -0.1) is 0 Å². The fourth-order valence-electron chi connectivity index (χ4n) is 3.21. The molecule has 0 spiro atoms. The molecule has 1 nitrogen and oxygen atoms in total. The monoisotopic (exact) mass is 297 g/mol. The van der Waals surface area contributed by atoms with Gasteiger partial charge < -0.3 is 4.57 Å². The van der Waals surface area contributed by atoms with E-state index in [0.717, 1.165) is 0 Å². The molecular formula is C22H19N. The molecule has 0 bridgehead atoms. The van der Waals surface area contributed by atoms with Crippen molar-refractivity contribution in [3.8, 4) is 0 Å². The molecule has 0 saturated heterocycles. The lowest BCUT2D eigenvalue weighted by atomic mass is 10.1. The van der Waals surface area contributed by atoms with Crippen LogP contribution in [0.15, 0.2) is 66.7 Å². The van der Waals surface area contributed by atoms with Crippen molar-refractivity contribution in [3.63, 3.8) is 0 Å². The average molecular weight is 297 g/mol. The summed E-state index contributed by atoms with van der Waals surface area (Å²) in [5.41, 5.74) is 6.32. The quantitative estimate of drug-likeness (QED) is 0.411. The van der Waals surface area contributed by atoms with Crippen molar-refractivity contribution in [2.24, 2.45) is 7.05 Å². The minimum atomic E-state index is 1.22. The maximum atomic E-state index is 2.29. The number of aryl methyl sites for hydroxylation is 2. The van der Waals surface area contributed by atoms with Crippen LogP contribution in [0.2, 0.25) is 0 Å². The zero-order valence-electron chi connectivity index (χ0n) is 13.5. The highest BCUT2D eigenvalue weighted by Gasteiger charge is 2.08. The van der Waals surface area contributed by atoms with Gasteiger partial charge in [0.25, 0.3) is 0 Å². The van der Waals surface area contributed by atoms with Gasteiger partial charge in [-0.25, -0.2) is 0 Å². The van der Waals surface area contributed by atoms with E-state index in [1.54, 1.807) is 0 Å². The molecule has 0 atom stereocenters. The normalized spacial score (nSPS) is 11.7. The minimum Gasteiger partial charge on any atom is -0.344 e. The van der Waals surface area contributed by atoms with E-state index < -0.39 is 0 Å². The summed E-state index contributed by atoms with van der Waals surface area (Å²) < 4.78 is 2.27. The first-order chi connectivity index (χ1) is 11.2. The fraction of sp³-hybridized carbons (Fsp3) is 0.0909. The predicted molar refractivity (Wildman–Crippen MR) is 101 cm³/mol. The third kappa shape index (κ3) is 2.44. The second-order valence-electron chi connectivity index (χ2n) is 6.10. The smallest absolute Gasteiger partial charge is 0.0489 e. The molecule has 4 rings (SSSR count). The van der Waals surface area contributed by atoms with Gasteiger partial charge in [0.2, 0.25) is 0 Å². The lowest BCUT2D eigenvalue weighted by Gasteiger charge is -1.99. The van der Waals surface area contributed by atoms with E-state index in [-0.39, 0.29) is 0 Å². The van der Waals surface area contributed by atoms with E-state index in [0.29, 0.717) is 0 Å². The van der Waals surface area contributed by atoms with Crippen molar-refractivity contribution in [2.75, 3.05) is 0 Å². The van der Waals surface area contributed by atoms with Crippen molar-refractivity contribution in [1.82, 2.24) is 4.57 Å². The van der Waals surface area contributed by atoms with Crippen molar-refractivity contribution in [1.29, 1.82) is 0 Å². The van der Waals surface area contributed by atoms with Gasteiger partial charge in [-0.05, 0) is 42.3 Å². The van der Waals surface area contributed by atoms with Gasteiger partial charge in [0.05, 0.1) is 0 Å². The Morgan fingerprint density at radius 1 is 0.696 bits per heavy atom. The lowest BCUT2D eigenvalue weighted by molar-refractivity contribution is 1.01.